The maximum atomic E-state index is 12.7. The van der Waals surface area contributed by atoms with Gasteiger partial charge in [0.1, 0.15) is 6.61 Å². The number of allylic oxidation sites excluding steroid dienone is 13. The summed E-state index contributed by atoms with van der Waals surface area (Å²) in [6.07, 6.45) is 54.0. The van der Waals surface area contributed by atoms with Gasteiger partial charge >= 0.3 is 5.97 Å². The number of carbonyl (C=O) groups is 1. The first-order chi connectivity index (χ1) is 25.1. The third-order valence-corrected chi connectivity index (χ3v) is 14.0. The van der Waals surface area contributed by atoms with Crippen molar-refractivity contribution in [3.8, 4) is 0 Å². The molecular formula is C47H82O4Si. The van der Waals surface area contributed by atoms with Crippen LogP contribution in [-0.2, 0) is 18.7 Å². The Hall–Kier alpha value is -2.37. The van der Waals surface area contributed by atoms with Gasteiger partial charge in [0.05, 0.1) is 12.9 Å². The van der Waals surface area contributed by atoms with Crippen LogP contribution >= 0.6 is 0 Å². The average Bonchev–Trinajstić information content (AvgIpc) is 3.10. The minimum Gasteiger partial charge on any atom is -0.498 e. The molecule has 0 aromatic carbocycles. The molecule has 0 fully saturated rings. The van der Waals surface area contributed by atoms with Gasteiger partial charge in [-0.25, -0.2) is 0 Å². The fraction of sp³-hybridized carbons (Fsp3) is 0.681. The van der Waals surface area contributed by atoms with E-state index in [4.69, 9.17) is 13.9 Å². The summed E-state index contributed by atoms with van der Waals surface area (Å²) in [4.78, 5) is 12.7. The van der Waals surface area contributed by atoms with Crippen molar-refractivity contribution in [2.75, 3.05) is 13.2 Å². The summed E-state index contributed by atoms with van der Waals surface area (Å²) >= 11 is 0. The fourth-order valence-electron chi connectivity index (χ4n) is 5.12. The molecule has 0 N–H and O–H groups in total. The molecular weight excluding hydrogens is 657 g/mol. The highest BCUT2D eigenvalue weighted by atomic mass is 28.4. The van der Waals surface area contributed by atoms with Gasteiger partial charge in [-0.3, -0.25) is 4.79 Å². The topological polar surface area (TPSA) is 44.8 Å². The lowest BCUT2D eigenvalue weighted by Gasteiger charge is -2.37. The molecule has 0 aliphatic rings. The first-order valence-corrected chi connectivity index (χ1v) is 24.0. The molecule has 0 aromatic heterocycles. The smallest absolute Gasteiger partial charge is 0.306 e. The zero-order chi connectivity index (χ0) is 38.4. The fourth-order valence-corrected chi connectivity index (χ4v) is 6.16. The van der Waals surface area contributed by atoms with E-state index in [-0.39, 0.29) is 11.0 Å². The van der Waals surface area contributed by atoms with Crippen LogP contribution in [0.15, 0.2) is 85.3 Å². The Balaban J connectivity index is 4.32. The van der Waals surface area contributed by atoms with Gasteiger partial charge in [0.15, 0.2) is 14.4 Å². The average molecular weight is 739 g/mol. The zero-order valence-electron chi connectivity index (χ0n) is 35.1. The van der Waals surface area contributed by atoms with Gasteiger partial charge in [0, 0.05) is 6.42 Å². The Kier molecular flexibility index (Phi) is 34.0. The molecule has 0 heterocycles. The van der Waals surface area contributed by atoms with Crippen LogP contribution in [0, 0.1) is 0 Å². The van der Waals surface area contributed by atoms with Crippen molar-refractivity contribution >= 4 is 14.3 Å². The predicted octanol–water partition coefficient (Wildman–Crippen LogP) is 15.0. The SMILES string of the molecule is CCC=CCC=CCC=CCC=CCC=CCC=CCCC(=O)OC(COC=CCCCCCCCCCCCCCC)CO[Si](C)(C)C(C)(C)C. The van der Waals surface area contributed by atoms with Gasteiger partial charge in [-0.05, 0) is 82.0 Å². The first-order valence-electron chi connectivity index (χ1n) is 21.1. The van der Waals surface area contributed by atoms with Crippen LogP contribution in [0.4, 0.5) is 0 Å². The van der Waals surface area contributed by atoms with Crippen molar-refractivity contribution in [3.63, 3.8) is 0 Å². The molecule has 5 heteroatoms. The van der Waals surface area contributed by atoms with E-state index in [1.165, 1.54) is 77.0 Å². The van der Waals surface area contributed by atoms with Crippen molar-refractivity contribution < 1.29 is 18.7 Å². The highest BCUT2D eigenvalue weighted by Gasteiger charge is 2.38. The molecule has 52 heavy (non-hydrogen) atoms. The minimum atomic E-state index is -1.97. The lowest BCUT2D eigenvalue weighted by Crippen LogP contribution is -2.43. The van der Waals surface area contributed by atoms with Crippen LogP contribution in [0.3, 0.4) is 0 Å². The Labute approximate surface area is 324 Å². The maximum absolute atomic E-state index is 12.7. The summed E-state index contributed by atoms with van der Waals surface area (Å²) in [5, 5.41) is 0.0898. The Morgan fingerprint density at radius 3 is 1.46 bits per heavy atom. The third-order valence-electron chi connectivity index (χ3n) is 9.54. The molecule has 0 saturated heterocycles. The van der Waals surface area contributed by atoms with E-state index in [2.05, 4.69) is 127 Å². The van der Waals surface area contributed by atoms with E-state index in [1.54, 1.807) is 6.26 Å². The number of unbranched alkanes of at least 4 members (excludes halogenated alkanes) is 12. The second-order valence-corrected chi connectivity index (χ2v) is 20.3. The van der Waals surface area contributed by atoms with Gasteiger partial charge < -0.3 is 13.9 Å². The van der Waals surface area contributed by atoms with Gasteiger partial charge in [-0.1, -0.05) is 178 Å². The molecule has 0 bridgehead atoms. The van der Waals surface area contributed by atoms with Crippen molar-refractivity contribution in [1.82, 2.24) is 0 Å². The molecule has 0 rings (SSSR count). The second kappa shape index (κ2) is 35.6. The van der Waals surface area contributed by atoms with Crippen molar-refractivity contribution in [2.24, 2.45) is 0 Å². The molecule has 0 spiro atoms. The number of hydrogen-bond acceptors (Lipinski definition) is 4. The molecule has 0 amide bonds. The molecule has 298 valence electrons. The van der Waals surface area contributed by atoms with E-state index in [1.807, 2.05) is 0 Å². The number of ether oxygens (including phenoxy) is 2. The highest BCUT2D eigenvalue weighted by molar-refractivity contribution is 6.74. The molecule has 0 aliphatic carbocycles. The van der Waals surface area contributed by atoms with Crippen molar-refractivity contribution in [3.05, 3.63) is 85.3 Å². The van der Waals surface area contributed by atoms with Crippen molar-refractivity contribution in [2.45, 2.75) is 194 Å². The van der Waals surface area contributed by atoms with Crippen LogP contribution in [0.2, 0.25) is 18.1 Å². The number of hydrogen-bond donors (Lipinski definition) is 0. The molecule has 4 nitrogen and oxygen atoms in total. The maximum Gasteiger partial charge on any atom is 0.306 e. The molecule has 0 radical (unpaired) electrons. The largest absolute Gasteiger partial charge is 0.498 e. The van der Waals surface area contributed by atoms with Gasteiger partial charge in [0.2, 0.25) is 0 Å². The van der Waals surface area contributed by atoms with E-state index < -0.39 is 14.4 Å². The zero-order valence-corrected chi connectivity index (χ0v) is 36.1. The Bertz CT molecular complexity index is 1020. The summed E-state index contributed by atoms with van der Waals surface area (Å²) in [5.41, 5.74) is 0. The van der Waals surface area contributed by atoms with Crippen LogP contribution < -0.4 is 0 Å². The predicted molar refractivity (Wildman–Crippen MR) is 231 cm³/mol. The lowest BCUT2D eigenvalue weighted by molar-refractivity contribution is -0.153. The summed E-state index contributed by atoms with van der Waals surface area (Å²) < 4.78 is 18.1. The van der Waals surface area contributed by atoms with E-state index in [0.29, 0.717) is 26.1 Å². The summed E-state index contributed by atoms with van der Waals surface area (Å²) in [7, 11) is -1.97. The van der Waals surface area contributed by atoms with Gasteiger partial charge in [0.25, 0.3) is 0 Å². The number of rotatable bonds is 34. The Morgan fingerprint density at radius 1 is 0.558 bits per heavy atom. The first kappa shape index (κ1) is 49.6. The number of esters is 1. The summed E-state index contributed by atoms with van der Waals surface area (Å²) in [6, 6.07) is 0. The van der Waals surface area contributed by atoms with Gasteiger partial charge in [-0.2, -0.15) is 0 Å². The van der Waals surface area contributed by atoms with Crippen LogP contribution in [0.5, 0.6) is 0 Å². The van der Waals surface area contributed by atoms with E-state index in [0.717, 1.165) is 44.9 Å². The molecule has 0 saturated carbocycles. The second-order valence-electron chi connectivity index (χ2n) is 15.5. The highest BCUT2D eigenvalue weighted by Crippen LogP contribution is 2.36. The van der Waals surface area contributed by atoms with E-state index >= 15 is 0 Å². The third kappa shape index (κ3) is 33.5. The minimum absolute atomic E-state index is 0.0898. The quantitative estimate of drug-likeness (QED) is 0.0217. The standard InChI is InChI=1S/C47H82O4Si/c1-8-10-12-14-16-18-20-22-24-25-26-27-28-29-31-33-35-37-39-41-46(48)51-45(44-50-52(6,7)47(3,4)5)43-49-42-40-38-36-34-32-30-23-21-19-17-15-13-11-9-2/h10,12,16,18,22,24,26-27,29,31,35,37,40,42,45H,8-9,11,13-15,17,19-21,23,25,28,30,32-34,36,38-39,41,43-44H2,1-7H3. The Morgan fingerprint density at radius 2 is 1.00 bits per heavy atom. The summed E-state index contributed by atoms with van der Waals surface area (Å²) in [6.45, 7) is 16.2. The number of carbonyl (C=O) groups excluding carboxylic acids is 1. The molecule has 1 atom stereocenters. The van der Waals surface area contributed by atoms with Gasteiger partial charge in [-0.15, -0.1) is 0 Å². The normalized spacial score (nSPS) is 13.8. The molecule has 0 aliphatic heterocycles. The van der Waals surface area contributed by atoms with E-state index in [9.17, 15) is 4.79 Å². The van der Waals surface area contributed by atoms with Crippen molar-refractivity contribution in [1.29, 1.82) is 0 Å². The summed E-state index contributed by atoms with van der Waals surface area (Å²) in [5.74, 6) is -0.201. The van der Waals surface area contributed by atoms with Crippen LogP contribution in [0.1, 0.15) is 169 Å². The lowest BCUT2D eigenvalue weighted by atomic mass is 10.0. The molecule has 1 unspecified atom stereocenters. The van der Waals surface area contributed by atoms with Crippen LogP contribution in [0.25, 0.3) is 0 Å². The van der Waals surface area contributed by atoms with Crippen LogP contribution in [-0.4, -0.2) is 33.6 Å². The monoisotopic (exact) mass is 739 g/mol. The molecule has 0 aromatic rings.